The van der Waals surface area contributed by atoms with E-state index in [0.29, 0.717) is 5.69 Å². The van der Waals surface area contributed by atoms with E-state index >= 15 is 0 Å². The zero-order valence-electron chi connectivity index (χ0n) is 15.4. The van der Waals surface area contributed by atoms with Crippen LogP contribution in [-0.4, -0.2) is 36.5 Å². The molecule has 0 spiro atoms. The number of nitrogens with zero attached hydrogens (tertiary/aromatic N) is 4. The van der Waals surface area contributed by atoms with Gasteiger partial charge in [-0.1, -0.05) is 18.2 Å². The summed E-state index contributed by atoms with van der Waals surface area (Å²) in [6, 6.07) is 17.7. The van der Waals surface area contributed by atoms with Gasteiger partial charge in [0.25, 0.3) is 5.91 Å². The second-order valence-corrected chi connectivity index (χ2v) is 6.69. The number of hydrogen-bond acceptors (Lipinski definition) is 5. The summed E-state index contributed by atoms with van der Waals surface area (Å²) in [7, 11) is 3.96. The monoisotopic (exact) mass is 359 g/mol. The van der Waals surface area contributed by atoms with E-state index < -0.39 is 0 Å². The number of benzene rings is 2. The summed E-state index contributed by atoms with van der Waals surface area (Å²) in [5.41, 5.74) is 4.59. The summed E-state index contributed by atoms with van der Waals surface area (Å²) in [6.07, 6.45) is 2.42. The Balaban J connectivity index is 1.53. The molecule has 0 saturated carbocycles. The van der Waals surface area contributed by atoms with Crippen LogP contribution in [0.25, 0.3) is 0 Å². The summed E-state index contributed by atoms with van der Waals surface area (Å²) >= 11 is 0. The zero-order valence-corrected chi connectivity index (χ0v) is 15.4. The van der Waals surface area contributed by atoms with E-state index in [1.54, 1.807) is 6.07 Å². The van der Waals surface area contributed by atoms with Crippen molar-refractivity contribution in [1.29, 1.82) is 0 Å². The van der Waals surface area contributed by atoms with Crippen molar-refractivity contribution < 1.29 is 4.79 Å². The van der Waals surface area contributed by atoms with Gasteiger partial charge in [-0.3, -0.25) is 4.79 Å². The molecule has 1 amide bonds. The van der Waals surface area contributed by atoms with Crippen LogP contribution in [0.3, 0.4) is 0 Å². The number of nitrogens with one attached hydrogen (secondary N) is 1. The molecule has 6 nitrogen and oxygen atoms in total. The van der Waals surface area contributed by atoms with Crippen LogP contribution < -0.4 is 15.1 Å². The first-order chi connectivity index (χ1) is 13.1. The fourth-order valence-electron chi connectivity index (χ4n) is 3.23. The highest BCUT2D eigenvalue weighted by Crippen LogP contribution is 2.33. The highest BCUT2D eigenvalue weighted by Gasteiger charge is 2.22. The molecule has 1 aliphatic heterocycles. The van der Waals surface area contributed by atoms with Crippen molar-refractivity contribution in [2.75, 3.05) is 35.8 Å². The molecule has 27 heavy (non-hydrogen) atoms. The second-order valence-electron chi connectivity index (χ2n) is 6.69. The Morgan fingerprint density at radius 1 is 1.07 bits per heavy atom. The van der Waals surface area contributed by atoms with E-state index in [4.69, 9.17) is 0 Å². The molecular weight excluding hydrogens is 338 g/mol. The number of amides is 1. The summed E-state index contributed by atoms with van der Waals surface area (Å²) in [4.78, 5) is 25.3. The average molecular weight is 359 g/mol. The minimum absolute atomic E-state index is 0.247. The molecular formula is C21H21N5O. The standard InChI is InChI=1S/C21H21N5O/c1-25(2)17-9-7-16(8-10-17)24-21(27)18-13-20(23-14-22-18)26-12-11-15-5-3-4-6-19(15)26/h3-10,13-14H,11-12H2,1-2H3,(H,24,27). The van der Waals surface area contributed by atoms with Crippen LogP contribution in [0, 0.1) is 0 Å². The van der Waals surface area contributed by atoms with Crippen LogP contribution in [-0.2, 0) is 6.42 Å². The van der Waals surface area contributed by atoms with Crippen molar-refractivity contribution in [2.45, 2.75) is 6.42 Å². The maximum absolute atomic E-state index is 12.6. The molecule has 0 radical (unpaired) electrons. The normalized spacial score (nSPS) is 12.6. The molecule has 1 aliphatic rings. The van der Waals surface area contributed by atoms with Gasteiger partial charge < -0.3 is 15.1 Å². The van der Waals surface area contributed by atoms with E-state index in [0.717, 1.165) is 35.8 Å². The summed E-state index contributed by atoms with van der Waals surface area (Å²) in [6.45, 7) is 0.851. The number of carbonyl (C=O) groups excluding carboxylic acids is 1. The van der Waals surface area contributed by atoms with Crippen LogP contribution in [0.5, 0.6) is 0 Å². The van der Waals surface area contributed by atoms with Gasteiger partial charge in [0, 0.05) is 43.8 Å². The molecule has 6 heteroatoms. The van der Waals surface area contributed by atoms with Crippen LogP contribution in [0.15, 0.2) is 60.9 Å². The lowest BCUT2D eigenvalue weighted by atomic mass is 10.2. The SMILES string of the molecule is CN(C)c1ccc(NC(=O)c2cc(N3CCc4ccccc43)ncn2)cc1. The smallest absolute Gasteiger partial charge is 0.274 e. The van der Waals surface area contributed by atoms with E-state index in [9.17, 15) is 4.79 Å². The molecule has 3 aromatic rings. The lowest BCUT2D eigenvalue weighted by Gasteiger charge is -2.18. The predicted octanol–water partition coefficient (Wildman–Crippen LogP) is 3.49. The van der Waals surface area contributed by atoms with Crippen molar-refractivity contribution in [2.24, 2.45) is 0 Å². The molecule has 0 saturated heterocycles. The van der Waals surface area contributed by atoms with Crippen molar-refractivity contribution in [1.82, 2.24) is 9.97 Å². The molecule has 1 N–H and O–H groups in total. The van der Waals surface area contributed by atoms with E-state index in [1.807, 2.05) is 55.4 Å². The fraction of sp³-hybridized carbons (Fsp3) is 0.190. The lowest BCUT2D eigenvalue weighted by molar-refractivity contribution is 0.102. The van der Waals surface area contributed by atoms with Crippen molar-refractivity contribution >= 4 is 28.8 Å². The van der Waals surface area contributed by atoms with E-state index in [1.165, 1.54) is 11.9 Å². The molecule has 1 aromatic heterocycles. The number of aromatic nitrogens is 2. The van der Waals surface area contributed by atoms with Crippen molar-refractivity contribution in [3.63, 3.8) is 0 Å². The van der Waals surface area contributed by atoms with Crippen molar-refractivity contribution in [3.8, 4) is 0 Å². The third-order valence-electron chi connectivity index (χ3n) is 4.69. The average Bonchev–Trinajstić information content (AvgIpc) is 3.12. The number of anilines is 4. The first kappa shape index (κ1) is 17.0. The topological polar surface area (TPSA) is 61.4 Å². The van der Waals surface area contributed by atoms with Crippen molar-refractivity contribution in [3.05, 3.63) is 72.2 Å². The maximum Gasteiger partial charge on any atom is 0.274 e. The van der Waals surface area contributed by atoms with Gasteiger partial charge in [0.05, 0.1) is 0 Å². The van der Waals surface area contributed by atoms with Gasteiger partial charge in [-0.2, -0.15) is 0 Å². The Morgan fingerprint density at radius 3 is 2.63 bits per heavy atom. The predicted molar refractivity (Wildman–Crippen MR) is 108 cm³/mol. The molecule has 2 heterocycles. The molecule has 0 fully saturated rings. The summed E-state index contributed by atoms with van der Waals surface area (Å²) < 4.78 is 0. The highest BCUT2D eigenvalue weighted by molar-refractivity contribution is 6.03. The van der Waals surface area contributed by atoms with Gasteiger partial charge in [-0.05, 0) is 42.3 Å². The minimum atomic E-state index is -0.247. The number of para-hydroxylation sites is 1. The third-order valence-corrected chi connectivity index (χ3v) is 4.69. The largest absolute Gasteiger partial charge is 0.378 e. The number of rotatable bonds is 4. The lowest BCUT2D eigenvalue weighted by Crippen LogP contribution is -2.18. The second kappa shape index (κ2) is 7.07. The molecule has 4 rings (SSSR count). The van der Waals surface area contributed by atoms with Gasteiger partial charge in [0.1, 0.15) is 17.8 Å². The highest BCUT2D eigenvalue weighted by atomic mass is 16.1. The van der Waals surface area contributed by atoms with Gasteiger partial charge in [0.15, 0.2) is 0 Å². The Labute approximate surface area is 158 Å². The first-order valence-electron chi connectivity index (χ1n) is 8.88. The third kappa shape index (κ3) is 3.46. The fourth-order valence-corrected chi connectivity index (χ4v) is 3.23. The molecule has 136 valence electrons. The van der Waals surface area contributed by atoms with Gasteiger partial charge >= 0.3 is 0 Å². The van der Waals surface area contributed by atoms with E-state index in [2.05, 4.69) is 32.3 Å². The van der Waals surface area contributed by atoms with Crippen LogP contribution in [0.1, 0.15) is 16.1 Å². The van der Waals surface area contributed by atoms with Crippen LogP contribution in [0.2, 0.25) is 0 Å². The Hall–Kier alpha value is -3.41. The minimum Gasteiger partial charge on any atom is -0.378 e. The Bertz CT molecular complexity index is 968. The Kier molecular flexibility index (Phi) is 4.46. The zero-order chi connectivity index (χ0) is 18.8. The number of hydrogen-bond donors (Lipinski definition) is 1. The molecule has 0 unspecified atom stereocenters. The summed E-state index contributed by atoms with van der Waals surface area (Å²) in [5, 5.41) is 2.90. The first-order valence-corrected chi connectivity index (χ1v) is 8.88. The van der Waals surface area contributed by atoms with Crippen LogP contribution in [0.4, 0.5) is 22.9 Å². The quantitative estimate of drug-likeness (QED) is 0.773. The maximum atomic E-state index is 12.6. The van der Waals surface area contributed by atoms with Gasteiger partial charge in [-0.25, -0.2) is 9.97 Å². The molecule has 0 aliphatic carbocycles. The van der Waals surface area contributed by atoms with Gasteiger partial charge in [-0.15, -0.1) is 0 Å². The molecule has 0 atom stereocenters. The number of carbonyl (C=O) groups is 1. The number of fused-ring (bicyclic) bond motifs is 1. The van der Waals surface area contributed by atoms with Crippen LogP contribution >= 0.6 is 0 Å². The van der Waals surface area contributed by atoms with E-state index in [-0.39, 0.29) is 5.91 Å². The molecule has 2 aromatic carbocycles. The summed E-state index contributed by atoms with van der Waals surface area (Å²) in [5.74, 6) is 0.492. The molecule has 0 bridgehead atoms. The van der Waals surface area contributed by atoms with Gasteiger partial charge in [0.2, 0.25) is 0 Å². The Morgan fingerprint density at radius 2 is 1.85 bits per heavy atom.